The first-order chi connectivity index (χ1) is 17.7. The molecule has 4 heterocycles. The lowest BCUT2D eigenvalue weighted by Gasteiger charge is -2.08. The number of hydrogen-bond acceptors (Lipinski definition) is 2. The zero-order chi connectivity index (χ0) is 24.0. The average molecular weight is 465 g/mol. The van der Waals surface area contributed by atoms with Crippen LogP contribution in [0.3, 0.4) is 0 Å². The molecule has 5 nitrogen and oxygen atoms in total. The molecule has 0 radical (unpaired) electrons. The van der Waals surface area contributed by atoms with Gasteiger partial charge >= 0.3 is 0 Å². The Bertz CT molecular complexity index is 2200. The van der Waals surface area contributed by atoms with Gasteiger partial charge < -0.3 is 8.98 Å². The number of aromatic nitrogens is 4. The lowest BCUT2D eigenvalue weighted by Crippen LogP contribution is -1.96. The Labute approximate surface area is 205 Å². The Hall–Kier alpha value is -5.03. The van der Waals surface area contributed by atoms with Crippen LogP contribution in [-0.2, 0) is 0 Å². The predicted octanol–water partition coefficient (Wildman–Crippen LogP) is 7.94. The maximum absolute atomic E-state index is 6.14. The van der Waals surface area contributed by atoms with Crippen LogP contribution in [0.2, 0.25) is 0 Å². The van der Waals surface area contributed by atoms with Gasteiger partial charge in [0.05, 0.1) is 22.1 Å². The van der Waals surface area contributed by atoms with Gasteiger partial charge in [-0.2, -0.15) is 4.98 Å². The molecule has 0 aliphatic heterocycles. The summed E-state index contributed by atoms with van der Waals surface area (Å²) in [5.41, 5.74) is 8.76. The summed E-state index contributed by atoms with van der Waals surface area (Å²) in [6.45, 7) is 8.18. The second-order valence-corrected chi connectivity index (χ2v) is 9.07. The van der Waals surface area contributed by atoms with Crippen LogP contribution in [0.25, 0.3) is 72.2 Å². The second-order valence-electron chi connectivity index (χ2n) is 9.07. The molecule has 0 saturated heterocycles. The summed E-state index contributed by atoms with van der Waals surface area (Å²) in [7, 11) is 0. The Kier molecular flexibility index (Phi) is 3.63. The summed E-state index contributed by atoms with van der Waals surface area (Å²) in [5.74, 6) is 0.828. The zero-order valence-corrected chi connectivity index (χ0v) is 19.3. The van der Waals surface area contributed by atoms with Crippen LogP contribution in [0, 0.1) is 0 Å². The summed E-state index contributed by atoms with van der Waals surface area (Å²) in [6.07, 6.45) is 1.80. The molecule has 0 unspecified atom stereocenters. The van der Waals surface area contributed by atoms with E-state index in [-0.39, 0.29) is 0 Å². The summed E-state index contributed by atoms with van der Waals surface area (Å²) in [6, 6.07) is 31.5. The van der Waals surface area contributed by atoms with Gasteiger partial charge in [-0.1, -0.05) is 55.6 Å². The van der Waals surface area contributed by atoms with E-state index < -0.39 is 0 Å². The van der Waals surface area contributed by atoms with E-state index in [0.29, 0.717) is 5.71 Å². The van der Waals surface area contributed by atoms with E-state index in [9.17, 15) is 0 Å². The van der Waals surface area contributed by atoms with E-state index >= 15 is 0 Å². The molecule has 4 aromatic heterocycles. The van der Waals surface area contributed by atoms with Crippen molar-refractivity contribution in [2.45, 2.75) is 0 Å². The third-order valence-electron chi connectivity index (χ3n) is 7.18. The van der Waals surface area contributed by atoms with E-state index in [2.05, 4.69) is 99.5 Å². The Morgan fingerprint density at radius 2 is 1.44 bits per heavy atom. The number of furan rings is 1. The average Bonchev–Trinajstić information content (AvgIpc) is 3.63. The van der Waals surface area contributed by atoms with E-state index in [4.69, 9.17) is 9.40 Å². The first kappa shape index (κ1) is 19.3. The molecule has 4 aromatic carbocycles. The Morgan fingerprint density at radius 1 is 0.750 bits per heavy atom. The highest BCUT2D eigenvalue weighted by Gasteiger charge is 2.22. The van der Waals surface area contributed by atoms with Crippen LogP contribution in [0.1, 0.15) is 0 Å². The van der Waals surface area contributed by atoms with Gasteiger partial charge in [-0.05, 0) is 54.6 Å². The predicted molar refractivity (Wildman–Crippen MR) is 148 cm³/mol. The zero-order valence-electron chi connectivity index (χ0n) is 19.3. The Morgan fingerprint density at radius 3 is 2.28 bits per heavy atom. The number of imidazole rings is 2. The van der Waals surface area contributed by atoms with Crippen molar-refractivity contribution in [1.29, 1.82) is 0 Å². The molecule has 0 aliphatic carbocycles. The molecule has 0 aliphatic rings. The molecule has 8 rings (SSSR count). The normalized spacial score (nSPS) is 12.1. The molecular weight excluding hydrogens is 444 g/mol. The fourth-order valence-corrected chi connectivity index (χ4v) is 5.64. The van der Waals surface area contributed by atoms with Crippen molar-refractivity contribution in [3.05, 3.63) is 110 Å². The standard InChI is InChI=1S/C31H20N4O/c1-3-19(2)33-24-12-6-4-10-21(24)23-18-20(16-17-25(23)33)34-26-13-7-8-14-27(26)35-29-22-11-5-9-15-28(22)36-30(29)32-31(34)35/h3-18H,1-2H2. The molecule has 0 amide bonds. The highest BCUT2D eigenvalue weighted by Crippen LogP contribution is 2.37. The van der Waals surface area contributed by atoms with E-state index in [1.807, 2.05) is 18.2 Å². The minimum Gasteiger partial charge on any atom is -0.436 e. The van der Waals surface area contributed by atoms with Crippen molar-refractivity contribution in [3.63, 3.8) is 0 Å². The fourth-order valence-electron chi connectivity index (χ4n) is 5.64. The van der Waals surface area contributed by atoms with Crippen molar-refractivity contribution in [2.24, 2.45) is 0 Å². The van der Waals surface area contributed by atoms with E-state index in [1.54, 1.807) is 6.08 Å². The van der Waals surface area contributed by atoms with Gasteiger partial charge in [0.25, 0.3) is 0 Å². The van der Waals surface area contributed by atoms with Crippen LogP contribution >= 0.6 is 0 Å². The number of allylic oxidation sites excluding steroid dienone is 2. The van der Waals surface area contributed by atoms with Crippen molar-refractivity contribution in [1.82, 2.24) is 18.5 Å². The summed E-state index contributed by atoms with van der Waals surface area (Å²) >= 11 is 0. The quantitative estimate of drug-likeness (QED) is 0.249. The van der Waals surface area contributed by atoms with Crippen LogP contribution in [-0.4, -0.2) is 18.5 Å². The smallest absolute Gasteiger partial charge is 0.248 e. The number of nitrogens with zero attached hydrogens (tertiary/aromatic N) is 4. The topological polar surface area (TPSA) is 40.3 Å². The maximum atomic E-state index is 6.14. The SMILES string of the molecule is C=CC(=C)n1c2ccccc2c2cc(-n3c4ccccc4n4c5c(nc34)oc3ccccc35)ccc21. The second kappa shape index (κ2) is 6.77. The van der Waals surface area contributed by atoms with E-state index in [1.165, 1.54) is 5.39 Å². The van der Waals surface area contributed by atoms with Crippen molar-refractivity contribution >= 4 is 66.5 Å². The van der Waals surface area contributed by atoms with Crippen molar-refractivity contribution in [3.8, 4) is 5.69 Å². The van der Waals surface area contributed by atoms with Crippen LogP contribution in [0.4, 0.5) is 0 Å². The minimum atomic E-state index is 0.644. The number of rotatable bonds is 3. The molecule has 0 N–H and O–H groups in total. The van der Waals surface area contributed by atoms with Gasteiger partial charge in [0.2, 0.25) is 11.5 Å². The molecule has 0 bridgehead atoms. The molecule has 0 atom stereocenters. The fraction of sp³-hybridized carbons (Fsp3) is 0. The molecule has 0 saturated carbocycles. The van der Waals surface area contributed by atoms with Crippen molar-refractivity contribution in [2.75, 3.05) is 0 Å². The lowest BCUT2D eigenvalue weighted by molar-refractivity contribution is 0.656. The van der Waals surface area contributed by atoms with Crippen LogP contribution in [0.15, 0.2) is 115 Å². The molecule has 5 heteroatoms. The molecule has 8 aromatic rings. The first-order valence-corrected chi connectivity index (χ1v) is 11.9. The lowest BCUT2D eigenvalue weighted by atomic mass is 10.1. The van der Waals surface area contributed by atoms with Crippen LogP contribution < -0.4 is 0 Å². The molecular formula is C31H20N4O. The molecule has 0 fully saturated rings. The molecule has 36 heavy (non-hydrogen) atoms. The molecule has 0 spiro atoms. The van der Waals surface area contributed by atoms with Crippen molar-refractivity contribution < 1.29 is 4.42 Å². The van der Waals surface area contributed by atoms with Crippen LogP contribution in [0.5, 0.6) is 0 Å². The number of hydrogen-bond donors (Lipinski definition) is 0. The van der Waals surface area contributed by atoms with Gasteiger partial charge in [-0.3, -0.25) is 8.97 Å². The highest BCUT2D eigenvalue weighted by atomic mass is 16.3. The van der Waals surface area contributed by atoms with Gasteiger partial charge in [0, 0.05) is 27.5 Å². The summed E-state index contributed by atoms with van der Waals surface area (Å²) in [5, 5.41) is 3.39. The largest absolute Gasteiger partial charge is 0.436 e. The number of benzene rings is 4. The summed E-state index contributed by atoms with van der Waals surface area (Å²) in [4.78, 5) is 4.98. The maximum Gasteiger partial charge on any atom is 0.248 e. The third kappa shape index (κ3) is 2.31. The van der Waals surface area contributed by atoms with Gasteiger partial charge in [0.1, 0.15) is 11.1 Å². The minimum absolute atomic E-state index is 0.644. The highest BCUT2D eigenvalue weighted by molar-refractivity contribution is 6.11. The molecule has 170 valence electrons. The Balaban J connectivity index is 1.51. The number of fused-ring (bicyclic) bond motifs is 10. The monoisotopic (exact) mass is 464 g/mol. The first-order valence-electron chi connectivity index (χ1n) is 11.9. The van der Waals surface area contributed by atoms with Gasteiger partial charge in [-0.25, -0.2) is 0 Å². The van der Waals surface area contributed by atoms with Gasteiger partial charge in [-0.15, -0.1) is 0 Å². The van der Waals surface area contributed by atoms with E-state index in [0.717, 1.165) is 61.1 Å². The summed E-state index contributed by atoms with van der Waals surface area (Å²) < 4.78 is 12.7. The van der Waals surface area contributed by atoms with Gasteiger partial charge in [0.15, 0.2) is 0 Å². The third-order valence-corrected chi connectivity index (χ3v) is 7.18. The number of para-hydroxylation sites is 4.